The van der Waals surface area contributed by atoms with Crippen LogP contribution in [0.3, 0.4) is 0 Å². The van der Waals surface area contributed by atoms with E-state index >= 15 is 0 Å². The average Bonchev–Trinajstić information content (AvgIpc) is 2.65. The maximum atomic E-state index is 5.85. The number of nitrogens with two attached hydrogens (primary N) is 1. The van der Waals surface area contributed by atoms with Crippen molar-refractivity contribution in [3.8, 4) is 0 Å². The van der Waals surface area contributed by atoms with Gasteiger partial charge < -0.3 is 10.7 Å². The molecule has 1 aromatic carbocycles. The topological polar surface area (TPSA) is 41.8 Å². The lowest BCUT2D eigenvalue weighted by molar-refractivity contribution is 0.559. The Morgan fingerprint density at radius 3 is 2.81 bits per heavy atom. The Bertz CT molecular complexity index is 524. The van der Waals surface area contributed by atoms with Crippen molar-refractivity contribution < 1.29 is 0 Å². The summed E-state index contributed by atoms with van der Waals surface area (Å²) < 4.78 is 0. The van der Waals surface area contributed by atoms with Gasteiger partial charge in [-0.3, -0.25) is 0 Å². The van der Waals surface area contributed by atoms with Gasteiger partial charge in [-0.05, 0) is 40.8 Å². The molecule has 16 heavy (non-hydrogen) atoms. The van der Waals surface area contributed by atoms with E-state index < -0.39 is 0 Å². The van der Waals surface area contributed by atoms with E-state index in [1.807, 2.05) is 6.20 Å². The molecular weight excluding hydrogens is 196 g/mol. The summed E-state index contributed by atoms with van der Waals surface area (Å²) in [5, 5.41) is 1.30. The zero-order chi connectivity index (χ0) is 11.3. The van der Waals surface area contributed by atoms with Gasteiger partial charge in [-0.2, -0.15) is 0 Å². The van der Waals surface area contributed by atoms with Crippen LogP contribution in [-0.4, -0.2) is 11.5 Å². The van der Waals surface area contributed by atoms with Crippen LogP contribution in [0.2, 0.25) is 0 Å². The molecule has 0 spiro atoms. The molecule has 2 nitrogen and oxygen atoms in total. The highest BCUT2D eigenvalue weighted by molar-refractivity contribution is 5.83. The molecule has 1 aliphatic rings. The maximum Gasteiger partial charge on any atom is 0.0489 e. The van der Waals surface area contributed by atoms with Crippen molar-refractivity contribution in [2.75, 3.05) is 6.54 Å². The fourth-order valence-electron chi connectivity index (χ4n) is 3.17. The van der Waals surface area contributed by atoms with Crippen molar-refractivity contribution in [2.45, 2.75) is 19.8 Å². The van der Waals surface area contributed by atoms with Crippen LogP contribution in [0.5, 0.6) is 0 Å². The lowest BCUT2D eigenvalue weighted by Gasteiger charge is -2.04. The molecule has 0 radical (unpaired) electrons. The van der Waals surface area contributed by atoms with E-state index in [1.54, 1.807) is 0 Å². The monoisotopic (exact) mass is 214 g/mol. The summed E-state index contributed by atoms with van der Waals surface area (Å²) in [5.41, 5.74) is 8.92. The Hall–Kier alpha value is -1.28. The normalized spacial score (nSPS) is 27.2. The number of hydrogen-bond acceptors (Lipinski definition) is 1. The predicted octanol–water partition coefficient (Wildman–Crippen LogP) is 2.87. The Labute approximate surface area is 95.8 Å². The van der Waals surface area contributed by atoms with Crippen LogP contribution in [0.15, 0.2) is 30.5 Å². The molecule has 0 bridgehead atoms. The van der Waals surface area contributed by atoms with Gasteiger partial charge >= 0.3 is 0 Å². The molecule has 2 aromatic rings. The zero-order valence-corrected chi connectivity index (χ0v) is 9.83. The molecule has 2 unspecified atom stereocenters. The summed E-state index contributed by atoms with van der Waals surface area (Å²) in [6.45, 7) is 5.42. The lowest BCUT2D eigenvalue weighted by Crippen LogP contribution is -2.05. The number of fused-ring (bicyclic) bond motifs is 1. The Kier molecular flexibility index (Phi) is 1.93. The van der Waals surface area contributed by atoms with Gasteiger partial charge in [0.1, 0.15) is 0 Å². The SMILES string of the molecule is CC1(C)C(CN)C1c1cccc2cc[nH]c12. The van der Waals surface area contributed by atoms with Gasteiger partial charge in [0.05, 0.1) is 0 Å². The fourth-order valence-corrected chi connectivity index (χ4v) is 3.17. The Morgan fingerprint density at radius 1 is 1.31 bits per heavy atom. The predicted molar refractivity (Wildman–Crippen MR) is 67.4 cm³/mol. The van der Waals surface area contributed by atoms with Crippen molar-refractivity contribution in [3.05, 3.63) is 36.0 Å². The molecule has 0 aliphatic heterocycles. The summed E-state index contributed by atoms with van der Waals surface area (Å²) in [5.74, 6) is 1.24. The van der Waals surface area contributed by atoms with Crippen molar-refractivity contribution >= 4 is 10.9 Å². The molecule has 1 aliphatic carbocycles. The molecule has 1 fully saturated rings. The third kappa shape index (κ3) is 1.17. The number of rotatable bonds is 2. The smallest absolute Gasteiger partial charge is 0.0489 e. The molecule has 1 heterocycles. The minimum absolute atomic E-state index is 0.355. The van der Waals surface area contributed by atoms with Crippen LogP contribution >= 0.6 is 0 Å². The minimum atomic E-state index is 0.355. The first-order valence-corrected chi connectivity index (χ1v) is 5.92. The van der Waals surface area contributed by atoms with Crippen LogP contribution in [0.4, 0.5) is 0 Å². The standard InChI is InChI=1S/C14H18N2/c1-14(2)11(8-15)12(14)10-5-3-4-9-6-7-16-13(9)10/h3-7,11-12,16H,8,15H2,1-2H3. The number of aromatic nitrogens is 1. The van der Waals surface area contributed by atoms with Gasteiger partial charge in [-0.15, -0.1) is 0 Å². The van der Waals surface area contributed by atoms with E-state index in [9.17, 15) is 0 Å². The number of H-pyrrole nitrogens is 1. The number of aromatic amines is 1. The van der Waals surface area contributed by atoms with Crippen LogP contribution in [0, 0.1) is 11.3 Å². The van der Waals surface area contributed by atoms with Crippen molar-refractivity contribution in [1.29, 1.82) is 0 Å². The first kappa shape index (κ1) is 9.91. The van der Waals surface area contributed by atoms with Gasteiger partial charge in [-0.25, -0.2) is 0 Å². The van der Waals surface area contributed by atoms with Crippen LogP contribution < -0.4 is 5.73 Å². The van der Waals surface area contributed by atoms with Crippen LogP contribution in [0.25, 0.3) is 10.9 Å². The lowest BCUT2D eigenvalue weighted by atomic mass is 10.0. The molecule has 0 amide bonds. The third-order valence-electron chi connectivity index (χ3n) is 4.26. The van der Waals surface area contributed by atoms with E-state index in [0.29, 0.717) is 17.3 Å². The van der Waals surface area contributed by atoms with Gasteiger partial charge in [0.2, 0.25) is 0 Å². The quantitative estimate of drug-likeness (QED) is 0.793. The van der Waals surface area contributed by atoms with Gasteiger partial charge in [0.25, 0.3) is 0 Å². The molecule has 3 rings (SSSR count). The molecule has 0 saturated heterocycles. The molecular formula is C14H18N2. The first-order valence-electron chi connectivity index (χ1n) is 5.92. The largest absolute Gasteiger partial charge is 0.361 e. The second-order valence-electron chi connectivity index (χ2n) is 5.43. The maximum absolute atomic E-state index is 5.85. The highest BCUT2D eigenvalue weighted by Crippen LogP contribution is 2.64. The van der Waals surface area contributed by atoms with Gasteiger partial charge in [0, 0.05) is 11.7 Å². The summed E-state index contributed by atoms with van der Waals surface area (Å²) in [4.78, 5) is 3.35. The average molecular weight is 214 g/mol. The van der Waals surface area contributed by atoms with Crippen molar-refractivity contribution in [1.82, 2.24) is 4.98 Å². The molecule has 2 heteroatoms. The number of benzene rings is 1. The van der Waals surface area contributed by atoms with E-state index in [2.05, 4.69) is 43.1 Å². The Morgan fingerprint density at radius 2 is 2.12 bits per heavy atom. The molecule has 1 aromatic heterocycles. The summed E-state index contributed by atoms with van der Waals surface area (Å²) in [6, 6.07) is 8.67. The number of nitrogens with one attached hydrogen (secondary N) is 1. The summed E-state index contributed by atoms with van der Waals surface area (Å²) in [6.07, 6.45) is 2.01. The number of para-hydroxylation sites is 1. The summed E-state index contributed by atoms with van der Waals surface area (Å²) >= 11 is 0. The van der Waals surface area contributed by atoms with Gasteiger partial charge in [0.15, 0.2) is 0 Å². The van der Waals surface area contributed by atoms with Crippen molar-refractivity contribution in [3.63, 3.8) is 0 Å². The second-order valence-corrected chi connectivity index (χ2v) is 5.43. The van der Waals surface area contributed by atoms with Crippen molar-refractivity contribution in [2.24, 2.45) is 17.1 Å². The van der Waals surface area contributed by atoms with Gasteiger partial charge in [-0.1, -0.05) is 32.0 Å². The third-order valence-corrected chi connectivity index (χ3v) is 4.26. The molecule has 1 saturated carbocycles. The highest BCUT2D eigenvalue weighted by Gasteiger charge is 2.57. The summed E-state index contributed by atoms with van der Waals surface area (Å²) in [7, 11) is 0. The van der Waals surface area contributed by atoms with E-state index in [0.717, 1.165) is 6.54 Å². The van der Waals surface area contributed by atoms with Crippen LogP contribution in [0.1, 0.15) is 25.3 Å². The van der Waals surface area contributed by atoms with Crippen LogP contribution in [-0.2, 0) is 0 Å². The number of hydrogen-bond donors (Lipinski definition) is 2. The van der Waals surface area contributed by atoms with E-state index in [-0.39, 0.29) is 0 Å². The Balaban J connectivity index is 2.11. The van der Waals surface area contributed by atoms with E-state index in [1.165, 1.54) is 16.5 Å². The molecule has 3 N–H and O–H groups in total. The molecule has 84 valence electrons. The zero-order valence-electron chi connectivity index (χ0n) is 9.83. The highest BCUT2D eigenvalue weighted by atomic mass is 14.7. The minimum Gasteiger partial charge on any atom is -0.361 e. The molecule has 2 atom stereocenters. The van der Waals surface area contributed by atoms with E-state index in [4.69, 9.17) is 5.73 Å². The fraction of sp³-hybridized carbons (Fsp3) is 0.429. The first-order chi connectivity index (χ1) is 7.66. The second kappa shape index (κ2) is 3.11.